The van der Waals surface area contributed by atoms with Crippen LogP contribution in [0.1, 0.15) is 18.4 Å². The largest absolute Gasteiger partial charge is 0.357 e. The van der Waals surface area contributed by atoms with Crippen LogP contribution in [0.3, 0.4) is 0 Å². The van der Waals surface area contributed by atoms with E-state index in [0.717, 1.165) is 5.56 Å². The molecule has 2 aliphatic heterocycles. The maximum Gasteiger partial charge on any atom is 0.261 e. The van der Waals surface area contributed by atoms with Crippen LogP contribution >= 0.6 is 0 Å². The molecule has 1 unspecified atom stereocenters. The van der Waals surface area contributed by atoms with Crippen molar-refractivity contribution in [1.82, 2.24) is 15.1 Å². The van der Waals surface area contributed by atoms with Crippen LogP contribution in [0, 0.1) is 0 Å². The Hall–Kier alpha value is -2.67. The summed E-state index contributed by atoms with van der Waals surface area (Å²) < 4.78 is 5.46. The molecule has 2 aliphatic rings. The van der Waals surface area contributed by atoms with E-state index in [0.29, 0.717) is 45.6 Å². The highest BCUT2D eigenvalue weighted by Crippen LogP contribution is 2.35. The maximum atomic E-state index is 12.8. The molecular formula is C21H27N3O4. The lowest BCUT2D eigenvalue weighted by Crippen LogP contribution is -2.57. The van der Waals surface area contributed by atoms with Gasteiger partial charge in [0.05, 0.1) is 6.61 Å². The summed E-state index contributed by atoms with van der Waals surface area (Å²) in [6.07, 6.45) is 1.61. The molecular weight excluding hydrogens is 358 g/mol. The minimum Gasteiger partial charge on any atom is -0.357 e. The Balaban J connectivity index is 1.71. The van der Waals surface area contributed by atoms with Crippen LogP contribution in [0.15, 0.2) is 43.0 Å². The second-order valence-corrected chi connectivity index (χ2v) is 7.40. The van der Waals surface area contributed by atoms with E-state index in [1.54, 1.807) is 11.9 Å². The van der Waals surface area contributed by atoms with Gasteiger partial charge in [0.2, 0.25) is 12.0 Å². The van der Waals surface area contributed by atoms with E-state index in [4.69, 9.17) is 4.74 Å². The highest BCUT2D eigenvalue weighted by atomic mass is 16.5. The van der Waals surface area contributed by atoms with E-state index in [1.165, 1.54) is 11.0 Å². The molecule has 2 heterocycles. The number of morpholine rings is 1. The lowest BCUT2D eigenvalue weighted by Gasteiger charge is -2.43. The molecule has 0 aromatic heterocycles. The average molecular weight is 385 g/mol. The summed E-state index contributed by atoms with van der Waals surface area (Å²) in [7, 11) is 1.68. The molecule has 0 bridgehead atoms. The third kappa shape index (κ3) is 4.09. The molecule has 7 nitrogen and oxygen atoms in total. The zero-order valence-corrected chi connectivity index (χ0v) is 16.2. The molecule has 0 radical (unpaired) electrons. The summed E-state index contributed by atoms with van der Waals surface area (Å²) in [6.45, 7) is 5.87. The molecule has 3 amide bonds. The monoisotopic (exact) mass is 385 g/mol. The molecule has 1 aromatic carbocycles. The van der Waals surface area contributed by atoms with Gasteiger partial charge in [0.1, 0.15) is 0 Å². The van der Waals surface area contributed by atoms with Gasteiger partial charge in [-0.3, -0.25) is 14.4 Å². The third-order valence-corrected chi connectivity index (χ3v) is 5.74. The number of carbonyl (C=O) groups is 3. The zero-order chi connectivity index (χ0) is 20.1. The second kappa shape index (κ2) is 8.56. The fourth-order valence-electron chi connectivity index (χ4n) is 3.87. The predicted octanol–water partition coefficient (Wildman–Crippen LogP) is 0.706. The number of nitrogens with one attached hydrogen (secondary N) is 1. The van der Waals surface area contributed by atoms with Crippen molar-refractivity contribution >= 4 is 17.7 Å². The molecule has 150 valence electrons. The summed E-state index contributed by atoms with van der Waals surface area (Å²) in [6, 6.07) is 10.0. The summed E-state index contributed by atoms with van der Waals surface area (Å²) in [5.41, 5.74) is 0.876. The van der Waals surface area contributed by atoms with Gasteiger partial charge >= 0.3 is 0 Å². The standard InChI is InChI=1S/C21H27N3O4/c1-3-17(25)22-15-21(16-7-5-4-6-8-16)9-11-24(12-10-21)20(27)18-19(26)23(2)13-14-28-18/h3-8,18H,1,9-15H2,2H3,(H,22,25). The maximum absolute atomic E-state index is 12.8. The summed E-state index contributed by atoms with van der Waals surface area (Å²) in [5.74, 6) is -0.763. The second-order valence-electron chi connectivity index (χ2n) is 7.40. The molecule has 7 heteroatoms. The molecule has 2 saturated heterocycles. The van der Waals surface area contributed by atoms with Crippen molar-refractivity contribution in [3.05, 3.63) is 48.6 Å². The van der Waals surface area contributed by atoms with Gasteiger partial charge in [-0.05, 0) is 24.5 Å². The Morgan fingerprint density at radius 2 is 1.93 bits per heavy atom. The van der Waals surface area contributed by atoms with E-state index in [9.17, 15) is 14.4 Å². The first-order valence-electron chi connectivity index (χ1n) is 9.58. The number of likely N-dealkylation sites (N-methyl/N-ethyl adjacent to an activating group) is 1. The highest BCUT2D eigenvalue weighted by Gasteiger charge is 2.42. The number of piperidine rings is 1. The molecule has 1 atom stereocenters. The smallest absolute Gasteiger partial charge is 0.261 e. The Kier molecular flexibility index (Phi) is 6.14. The zero-order valence-electron chi connectivity index (χ0n) is 16.2. The van der Waals surface area contributed by atoms with Gasteiger partial charge < -0.3 is 19.9 Å². The molecule has 1 N–H and O–H groups in total. The van der Waals surface area contributed by atoms with E-state index in [-0.39, 0.29) is 23.1 Å². The lowest BCUT2D eigenvalue weighted by molar-refractivity contribution is -0.164. The first-order chi connectivity index (χ1) is 13.5. The van der Waals surface area contributed by atoms with Crippen molar-refractivity contribution in [1.29, 1.82) is 0 Å². The van der Waals surface area contributed by atoms with E-state index >= 15 is 0 Å². The van der Waals surface area contributed by atoms with Crippen molar-refractivity contribution in [2.75, 3.05) is 39.8 Å². The molecule has 1 aromatic rings. The topological polar surface area (TPSA) is 79.0 Å². The average Bonchev–Trinajstić information content (AvgIpc) is 2.74. The molecule has 2 fully saturated rings. The number of nitrogens with zero attached hydrogens (tertiary/aromatic N) is 2. The van der Waals surface area contributed by atoms with Crippen LogP contribution < -0.4 is 5.32 Å². The quantitative estimate of drug-likeness (QED) is 0.598. The number of amides is 3. The Labute approximate surface area is 165 Å². The molecule has 3 rings (SSSR count). The number of carbonyl (C=O) groups excluding carboxylic acids is 3. The van der Waals surface area contributed by atoms with Crippen LogP contribution in [0.4, 0.5) is 0 Å². The number of hydrogen-bond acceptors (Lipinski definition) is 4. The van der Waals surface area contributed by atoms with Gasteiger partial charge in [-0.15, -0.1) is 0 Å². The van der Waals surface area contributed by atoms with Gasteiger partial charge in [-0.1, -0.05) is 36.9 Å². The van der Waals surface area contributed by atoms with E-state index in [2.05, 4.69) is 24.0 Å². The third-order valence-electron chi connectivity index (χ3n) is 5.74. The molecule has 0 spiro atoms. The number of ether oxygens (including phenoxy) is 1. The summed E-state index contributed by atoms with van der Waals surface area (Å²) >= 11 is 0. The van der Waals surface area contributed by atoms with Crippen LogP contribution in [0.2, 0.25) is 0 Å². The van der Waals surface area contributed by atoms with Gasteiger partial charge in [0.25, 0.3) is 11.8 Å². The van der Waals surface area contributed by atoms with Crippen molar-refractivity contribution in [2.24, 2.45) is 0 Å². The number of likely N-dealkylation sites (tertiary alicyclic amines) is 1. The minimum absolute atomic E-state index is 0.210. The first-order valence-corrected chi connectivity index (χ1v) is 9.58. The Morgan fingerprint density at radius 1 is 1.25 bits per heavy atom. The number of hydrogen-bond donors (Lipinski definition) is 1. The lowest BCUT2D eigenvalue weighted by atomic mass is 9.72. The normalized spacial score (nSPS) is 21.9. The van der Waals surface area contributed by atoms with Crippen LogP contribution in [-0.2, 0) is 24.5 Å². The van der Waals surface area contributed by atoms with Crippen LogP contribution in [-0.4, -0.2) is 73.5 Å². The number of rotatable bonds is 5. The molecule has 0 saturated carbocycles. The SMILES string of the molecule is C=CC(=O)NCC1(c2ccccc2)CCN(C(=O)C2OCCN(C)C2=O)CC1. The van der Waals surface area contributed by atoms with Crippen LogP contribution in [0.5, 0.6) is 0 Å². The summed E-state index contributed by atoms with van der Waals surface area (Å²) in [5, 5.41) is 2.92. The predicted molar refractivity (Wildman–Crippen MR) is 105 cm³/mol. The fraction of sp³-hybridized carbons (Fsp3) is 0.476. The van der Waals surface area contributed by atoms with Gasteiger partial charge in [-0.25, -0.2) is 0 Å². The van der Waals surface area contributed by atoms with Gasteiger partial charge in [0, 0.05) is 38.6 Å². The number of benzene rings is 1. The summed E-state index contributed by atoms with van der Waals surface area (Å²) in [4.78, 5) is 40.1. The highest BCUT2D eigenvalue weighted by molar-refractivity contribution is 6.03. The van der Waals surface area contributed by atoms with Crippen LogP contribution in [0.25, 0.3) is 0 Å². The fourth-order valence-corrected chi connectivity index (χ4v) is 3.87. The van der Waals surface area contributed by atoms with Crippen molar-refractivity contribution in [3.63, 3.8) is 0 Å². The van der Waals surface area contributed by atoms with Gasteiger partial charge in [0.15, 0.2) is 0 Å². The minimum atomic E-state index is -1.04. The first kappa shape index (κ1) is 20.1. The Bertz CT molecular complexity index is 741. The van der Waals surface area contributed by atoms with Gasteiger partial charge in [-0.2, -0.15) is 0 Å². The van der Waals surface area contributed by atoms with Crippen molar-refractivity contribution < 1.29 is 19.1 Å². The molecule has 0 aliphatic carbocycles. The van der Waals surface area contributed by atoms with Crippen molar-refractivity contribution in [2.45, 2.75) is 24.4 Å². The molecule has 28 heavy (non-hydrogen) atoms. The Morgan fingerprint density at radius 3 is 2.57 bits per heavy atom. The van der Waals surface area contributed by atoms with E-state index < -0.39 is 6.10 Å². The van der Waals surface area contributed by atoms with E-state index in [1.807, 2.05) is 18.2 Å². The van der Waals surface area contributed by atoms with Crippen molar-refractivity contribution in [3.8, 4) is 0 Å².